The summed E-state index contributed by atoms with van der Waals surface area (Å²) in [6.45, 7) is 2.44. The molecule has 6 heteroatoms. The van der Waals surface area contributed by atoms with Gasteiger partial charge in [0.15, 0.2) is 5.96 Å². The fourth-order valence-electron chi connectivity index (χ4n) is 1.91. The van der Waals surface area contributed by atoms with Crippen LogP contribution in [-0.2, 0) is 11.2 Å². The monoisotopic (exact) mass is 273 g/mol. The van der Waals surface area contributed by atoms with E-state index in [4.69, 9.17) is 5.73 Å². The second-order valence-corrected chi connectivity index (χ2v) is 4.49. The quantitative estimate of drug-likeness (QED) is 0.650. The number of nitrogens with one attached hydrogen (secondary N) is 1. The number of nitrogens with zero attached hydrogens (tertiary/aromatic N) is 3. The maximum Gasteiger partial charge on any atom is 0.229 e. The number of H-pyrrole nitrogens is 1. The first kappa shape index (κ1) is 14.0. The summed E-state index contributed by atoms with van der Waals surface area (Å²) in [5, 5.41) is 0. The molecule has 0 unspecified atom stereocenters. The number of fused-ring (bicyclic) bond motifs is 1. The van der Waals surface area contributed by atoms with Crippen molar-refractivity contribution in [2.24, 2.45) is 10.7 Å². The molecule has 0 bridgehead atoms. The third-order valence-corrected chi connectivity index (χ3v) is 3.05. The Labute approximate surface area is 117 Å². The van der Waals surface area contributed by atoms with Gasteiger partial charge in [-0.2, -0.15) is 0 Å². The average Bonchev–Trinajstić information content (AvgIpc) is 2.87. The van der Waals surface area contributed by atoms with Crippen LogP contribution in [0.1, 0.15) is 19.2 Å². The maximum absolute atomic E-state index is 12.0. The summed E-state index contributed by atoms with van der Waals surface area (Å²) in [6.07, 6.45) is 0.896. The van der Waals surface area contributed by atoms with Gasteiger partial charge in [0, 0.05) is 26.4 Å². The average molecular weight is 273 g/mol. The summed E-state index contributed by atoms with van der Waals surface area (Å²) in [5.41, 5.74) is 7.58. The highest BCUT2D eigenvalue weighted by Gasteiger charge is 2.13. The molecule has 106 valence electrons. The molecule has 6 nitrogen and oxygen atoms in total. The number of amides is 1. The molecule has 1 amide bonds. The van der Waals surface area contributed by atoms with E-state index in [-0.39, 0.29) is 11.9 Å². The number of carbonyl (C=O) groups excluding carboxylic acids is 1. The van der Waals surface area contributed by atoms with Gasteiger partial charge < -0.3 is 10.7 Å². The first-order valence-corrected chi connectivity index (χ1v) is 6.62. The first-order chi connectivity index (χ1) is 9.61. The third kappa shape index (κ3) is 3.14. The number of hydrogen-bond acceptors (Lipinski definition) is 3. The third-order valence-electron chi connectivity index (χ3n) is 3.05. The van der Waals surface area contributed by atoms with Gasteiger partial charge in [-0.15, -0.1) is 0 Å². The minimum atomic E-state index is -0.0693. The number of aryl methyl sites for hydroxylation is 1. The van der Waals surface area contributed by atoms with Crippen LogP contribution in [0.4, 0.5) is 0 Å². The molecule has 1 aromatic heterocycles. The van der Waals surface area contributed by atoms with Crippen LogP contribution in [0.25, 0.3) is 11.0 Å². The lowest BCUT2D eigenvalue weighted by molar-refractivity contribution is -0.126. The molecule has 0 atom stereocenters. The molecule has 0 radical (unpaired) electrons. The second-order valence-electron chi connectivity index (χ2n) is 4.49. The van der Waals surface area contributed by atoms with Crippen molar-refractivity contribution in [3.05, 3.63) is 30.1 Å². The number of rotatable bonds is 4. The number of guanidine groups is 1. The van der Waals surface area contributed by atoms with Crippen molar-refractivity contribution in [1.82, 2.24) is 14.9 Å². The molecule has 20 heavy (non-hydrogen) atoms. The summed E-state index contributed by atoms with van der Waals surface area (Å²) in [6, 6.07) is 7.79. The molecule has 3 N–H and O–H groups in total. The minimum Gasteiger partial charge on any atom is -0.369 e. The lowest BCUT2D eigenvalue weighted by Gasteiger charge is -2.15. The van der Waals surface area contributed by atoms with Crippen molar-refractivity contribution in [3.8, 4) is 0 Å². The Hall–Kier alpha value is -2.37. The molecule has 0 saturated heterocycles. The zero-order valence-electron chi connectivity index (χ0n) is 11.8. The molecule has 2 rings (SSSR count). The smallest absolute Gasteiger partial charge is 0.229 e. The number of aromatic nitrogens is 2. The van der Waals surface area contributed by atoms with Gasteiger partial charge in [-0.05, 0) is 19.1 Å². The van der Waals surface area contributed by atoms with E-state index < -0.39 is 0 Å². The summed E-state index contributed by atoms with van der Waals surface area (Å²) >= 11 is 0. The van der Waals surface area contributed by atoms with E-state index in [2.05, 4.69) is 15.0 Å². The van der Waals surface area contributed by atoms with Gasteiger partial charge in [0.25, 0.3) is 0 Å². The van der Waals surface area contributed by atoms with E-state index in [1.165, 1.54) is 4.90 Å². The largest absolute Gasteiger partial charge is 0.369 e. The fourth-order valence-corrected chi connectivity index (χ4v) is 1.91. The van der Waals surface area contributed by atoms with Crippen LogP contribution in [0, 0.1) is 0 Å². The molecule has 0 fully saturated rings. The number of para-hydroxylation sites is 2. The molecule has 0 aliphatic heterocycles. The fraction of sp³-hybridized carbons (Fsp3) is 0.357. The SMILES string of the molecule is CCN=C(N)N(C)C(=O)CCc1nc2ccccc2[nH]1. The van der Waals surface area contributed by atoms with Gasteiger partial charge in [0.2, 0.25) is 5.91 Å². The Morgan fingerprint density at radius 1 is 1.45 bits per heavy atom. The second kappa shape index (κ2) is 6.18. The predicted molar refractivity (Wildman–Crippen MR) is 79.3 cm³/mol. The van der Waals surface area contributed by atoms with E-state index >= 15 is 0 Å². The highest BCUT2D eigenvalue weighted by Crippen LogP contribution is 2.11. The Kier molecular flexibility index (Phi) is 4.34. The Balaban J connectivity index is 1.98. The summed E-state index contributed by atoms with van der Waals surface area (Å²) in [7, 11) is 1.63. The molecule has 0 aliphatic carbocycles. The van der Waals surface area contributed by atoms with Crippen LogP contribution in [0.15, 0.2) is 29.3 Å². The highest BCUT2D eigenvalue weighted by molar-refractivity contribution is 5.95. The van der Waals surface area contributed by atoms with E-state index in [0.717, 1.165) is 16.9 Å². The first-order valence-electron chi connectivity index (χ1n) is 6.62. The van der Waals surface area contributed by atoms with Crippen LogP contribution in [0.5, 0.6) is 0 Å². The van der Waals surface area contributed by atoms with Crippen LogP contribution >= 0.6 is 0 Å². The van der Waals surface area contributed by atoms with Crippen molar-refractivity contribution in [2.75, 3.05) is 13.6 Å². The van der Waals surface area contributed by atoms with Gasteiger partial charge in [-0.1, -0.05) is 12.1 Å². The molecular formula is C14H19N5O. The summed E-state index contributed by atoms with van der Waals surface area (Å²) < 4.78 is 0. The molecule has 1 aromatic carbocycles. The molecule has 1 heterocycles. The lowest BCUT2D eigenvalue weighted by atomic mass is 10.3. The molecule has 2 aromatic rings. The van der Waals surface area contributed by atoms with E-state index in [1.807, 2.05) is 31.2 Å². The van der Waals surface area contributed by atoms with Crippen LogP contribution in [0.2, 0.25) is 0 Å². The summed E-state index contributed by atoms with van der Waals surface area (Å²) in [5.74, 6) is 0.987. The lowest BCUT2D eigenvalue weighted by Crippen LogP contribution is -2.39. The normalized spacial score (nSPS) is 11.8. The Bertz CT molecular complexity index is 598. The minimum absolute atomic E-state index is 0.0693. The number of hydrogen-bond donors (Lipinski definition) is 2. The molecule has 0 aliphatic rings. The Morgan fingerprint density at radius 3 is 2.90 bits per heavy atom. The van der Waals surface area contributed by atoms with Gasteiger partial charge in [-0.3, -0.25) is 14.7 Å². The van der Waals surface area contributed by atoms with E-state index in [0.29, 0.717) is 19.4 Å². The van der Waals surface area contributed by atoms with Crippen LogP contribution < -0.4 is 5.73 Å². The van der Waals surface area contributed by atoms with Gasteiger partial charge in [0.05, 0.1) is 11.0 Å². The van der Waals surface area contributed by atoms with Crippen molar-refractivity contribution >= 4 is 22.9 Å². The standard InChI is InChI=1S/C14H19N5O/c1-3-16-14(15)19(2)13(20)9-8-12-17-10-6-4-5-7-11(10)18-12/h4-7H,3,8-9H2,1-2H3,(H2,15,16)(H,17,18). The van der Waals surface area contributed by atoms with Crippen molar-refractivity contribution < 1.29 is 4.79 Å². The number of imidazole rings is 1. The number of aliphatic imine (C=N–C) groups is 1. The summed E-state index contributed by atoms with van der Waals surface area (Å²) in [4.78, 5) is 25.0. The van der Waals surface area contributed by atoms with Gasteiger partial charge in [0.1, 0.15) is 5.82 Å². The topological polar surface area (TPSA) is 87.4 Å². The molecule has 0 spiro atoms. The maximum atomic E-state index is 12.0. The zero-order chi connectivity index (χ0) is 14.5. The van der Waals surface area contributed by atoms with E-state index in [1.54, 1.807) is 7.05 Å². The molecule has 0 saturated carbocycles. The number of aromatic amines is 1. The van der Waals surface area contributed by atoms with E-state index in [9.17, 15) is 4.79 Å². The number of benzene rings is 1. The number of nitrogens with two attached hydrogens (primary N) is 1. The highest BCUT2D eigenvalue weighted by atomic mass is 16.2. The van der Waals surface area contributed by atoms with Crippen LogP contribution in [-0.4, -0.2) is 40.3 Å². The predicted octanol–water partition coefficient (Wildman–Crippen LogP) is 1.29. The van der Waals surface area contributed by atoms with Gasteiger partial charge >= 0.3 is 0 Å². The zero-order valence-corrected chi connectivity index (χ0v) is 11.8. The van der Waals surface area contributed by atoms with Crippen LogP contribution in [0.3, 0.4) is 0 Å². The van der Waals surface area contributed by atoms with Gasteiger partial charge in [-0.25, -0.2) is 4.98 Å². The molecular weight excluding hydrogens is 254 g/mol. The van der Waals surface area contributed by atoms with Crippen molar-refractivity contribution in [3.63, 3.8) is 0 Å². The van der Waals surface area contributed by atoms with Crippen molar-refractivity contribution in [1.29, 1.82) is 0 Å². The Morgan fingerprint density at radius 2 is 2.20 bits per heavy atom. The number of carbonyl (C=O) groups is 1. The van der Waals surface area contributed by atoms with Crippen molar-refractivity contribution in [2.45, 2.75) is 19.8 Å².